The Morgan fingerprint density at radius 3 is 2.52 bits per heavy atom. The number of aryl methyl sites for hydroxylation is 1. The fraction of sp³-hybridized carbons (Fsp3) is 0.480. The Hall–Kier alpha value is -2.42. The molecule has 0 unspecified atom stereocenters. The number of carbonyl (C=O) groups is 1. The number of sulfonamides is 1. The number of hydrogen-bond donors (Lipinski definition) is 1. The van der Waals surface area contributed by atoms with E-state index in [1.807, 2.05) is 37.8 Å². The number of nitrogens with zero attached hydrogens (tertiary/aromatic N) is 2. The van der Waals surface area contributed by atoms with Crippen molar-refractivity contribution in [2.24, 2.45) is 0 Å². The fourth-order valence-corrected chi connectivity index (χ4v) is 5.59. The van der Waals surface area contributed by atoms with Gasteiger partial charge in [-0.3, -0.25) is 9.69 Å². The van der Waals surface area contributed by atoms with Crippen LogP contribution in [0, 0.1) is 6.92 Å². The molecule has 0 spiro atoms. The topological polar surface area (TPSA) is 79.0 Å². The van der Waals surface area contributed by atoms with E-state index in [-0.39, 0.29) is 17.3 Å². The third-order valence-electron chi connectivity index (χ3n) is 5.78. The molecule has 1 N–H and O–H groups in total. The lowest BCUT2D eigenvalue weighted by molar-refractivity contribution is -0.117. The standard InChI is InChI=1S/C25H35N3O4S/c1-4-27(18-21-11-9-10-20(3)16-21)19-25(29)26-23-17-22(12-13-24(23)32-5-2)33(30,31)28-14-7-6-8-15-28/h9-13,16-17H,4-8,14-15,18-19H2,1-3H3,(H,26,29). The highest BCUT2D eigenvalue weighted by Crippen LogP contribution is 2.30. The molecule has 3 rings (SSSR count). The average Bonchev–Trinajstić information content (AvgIpc) is 2.80. The number of benzene rings is 2. The number of ether oxygens (including phenoxy) is 1. The summed E-state index contributed by atoms with van der Waals surface area (Å²) >= 11 is 0. The van der Waals surface area contributed by atoms with Gasteiger partial charge in [0.05, 0.1) is 23.7 Å². The van der Waals surface area contributed by atoms with Crippen LogP contribution in [0.15, 0.2) is 47.4 Å². The van der Waals surface area contributed by atoms with Gasteiger partial charge in [0.2, 0.25) is 15.9 Å². The van der Waals surface area contributed by atoms with E-state index in [0.29, 0.717) is 44.2 Å². The number of piperidine rings is 1. The lowest BCUT2D eigenvalue weighted by atomic mass is 10.1. The van der Waals surface area contributed by atoms with Crippen LogP contribution in [0.5, 0.6) is 5.75 Å². The second-order valence-electron chi connectivity index (χ2n) is 8.40. The van der Waals surface area contributed by atoms with Gasteiger partial charge in [-0.15, -0.1) is 0 Å². The van der Waals surface area contributed by atoms with E-state index < -0.39 is 10.0 Å². The first-order valence-corrected chi connectivity index (χ1v) is 13.1. The van der Waals surface area contributed by atoms with Gasteiger partial charge >= 0.3 is 0 Å². The summed E-state index contributed by atoms with van der Waals surface area (Å²) < 4.78 is 33.4. The van der Waals surface area contributed by atoms with Crippen LogP contribution >= 0.6 is 0 Å². The predicted molar refractivity (Wildman–Crippen MR) is 131 cm³/mol. The summed E-state index contributed by atoms with van der Waals surface area (Å²) in [6.45, 7) is 8.95. The molecule has 8 heteroatoms. The molecule has 0 aromatic heterocycles. The number of hydrogen-bond acceptors (Lipinski definition) is 5. The number of carbonyl (C=O) groups excluding carboxylic acids is 1. The third-order valence-corrected chi connectivity index (χ3v) is 7.68. The average molecular weight is 474 g/mol. The lowest BCUT2D eigenvalue weighted by Crippen LogP contribution is -2.35. The van der Waals surface area contributed by atoms with Gasteiger partial charge in [0.1, 0.15) is 5.75 Å². The van der Waals surface area contributed by atoms with Crippen LogP contribution in [0.25, 0.3) is 0 Å². The predicted octanol–water partition coefficient (Wildman–Crippen LogP) is 4.03. The summed E-state index contributed by atoms with van der Waals surface area (Å²) in [5.41, 5.74) is 2.71. The summed E-state index contributed by atoms with van der Waals surface area (Å²) in [5, 5.41) is 2.88. The minimum Gasteiger partial charge on any atom is -0.492 e. The number of rotatable bonds is 10. The molecule has 0 radical (unpaired) electrons. The molecule has 0 bridgehead atoms. The molecule has 33 heavy (non-hydrogen) atoms. The van der Waals surface area contributed by atoms with Gasteiger partial charge in [-0.05, 0) is 57.0 Å². The normalized spacial score (nSPS) is 14.9. The van der Waals surface area contributed by atoms with Crippen molar-refractivity contribution in [3.8, 4) is 5.75 Å². The molecule has 1 amide bonds. The molecule has 1 aliphatic heterocycles. The van der Waals surface area contributed by atoms with Gasteiger partial charge in [-0.25, -0.2) is 8.42 Å². The third kappa shape index (κ3) is 6.79. The van der Waals surface area contributed by atoms with Crippen molar-refractivity contribution in [1.82, 2.24) is 9.21 Å². The second-order valence-corrected chi connectivity index (χ2v) is 10.3. The van der Waals surface area contributed by atoms with Crippen LogP contribution in [0.4, 0.5) is 5.69 Å². The molecule has 1 heterocycles. The van der Waals surface area contributed by atoms with E-state index in [0.717, 1.165) is 24.8 Å². The smallest absolute Gasteiger partial charge is 0.243 e. The zero-order valence-electron chi connectivity index (χ0n) is 19.8. The van der Waals surface area contributed by atoms with Crippen molar-refractivity contribution in [2.45, 2.75) is 51.5 Å². The van der Waals surface area contributed by atoms with Crippen LogP contribution in [0.3, 0.4) is 0 Å². The van der Waals surface area contributed by atoms with Gasteiger partial charge in [-0.1, -0.05) is 43.2 Å². The summed E-state index contributed by atoms with van der Waals surface area (Å²) in [6.07, 6.45) is 2.79. The maximum Gasteiger partial charge on any atom is 0.243 e. The molecule has 180 valence electrons. The van der Waals surface area contributed by atoms with Gasteiger partial charge < -0.3 is 10.1 Å². The Morgan fingerprint density at radius 1 is 1.09 bits per heavy atom. The number of anilines is 1. The van der Waals surface area contributed by atoms with Gasteiger partial charge in [0.25, 0.3) is 0 Å². The van der Waals surface area contributed by atoms with Crippen molar-refractivity contribution in [2.75, 3.05) is 38.1 Å². The number of amides is 1. The zero-order chi connectivity index (χ0) is 23.8. The van der Waals surface area contributed by atoms with Gasteiger partial charge in [0, 0.05) is 19.6 Å². The zero-order valence-corrected chi connectivity index (χ0v) is 20.7. The highest BCUT2D eigenvalue weighted by atomic mass is 32.2. The molecule has 2 aromatic rings. The number of likely N-dealkylation sites (N-methyl/N-ethyl adjacent to an activating group) is 1. The van der Waals surface area contributed by atoms with E-state index >= 15 is 0 Å². The van der Waals surface area contributed by atoms with Gasteiger partial charge in [-0.2, -0.15) is 4.31 Å². The van der Waals surface area contributed by atoms with E-state index in [1.165, 1.54) is 15.9 Å². The molecule has 0 atom stereocenters. The van der Waals surface area contributed by atoms with Crippen LogP contribution in [0.2, 0.25) is 0 Å². The van der Waals surface area contributed by atoms with Crippen molar-refractivity contribution in [3.05, 3.63) is 53.6 Å². The summed E-state index contributed by atoms with van der Waals surface area (Å²) in [7, 11) is -3.61. The molecule has 0 aliphatic carbocycles. The Kier molecular flexibility index (Phi) is 8.88. The SMILES string of the molecule is CCOc1ccc(S(=O)(=O)N2CCCCC2)cc1NC(=O)CN(CC)Cc1cccc(C)c1. The second kappa shape index (κ2) is 11.6. The first kappa shape index (κ1) is 25.2. The Labute approximate surface area is 197 Å². The molecule has 1 aliphatic rings. The van der Waals surface area contributed by atoms with Crippen molar-refractivity contribution in [1.29, 1.82) is 0 Å². The fourth-order valence-electron chi connectivity index (χ4n) is 4.04. The summed E-state index contributed by atoms with van der Waals surface area (Å²) in [4.78, 5) is 15.1. The minimum atomic E-state index is -3.61. The van der Waals surface area contributed by atoms with Crippen LogP contribution < -0.4 is 10.1 Å². The Bertz CT molecular complexity index is 1050. The van der Waals surface area contributed by atoms with Gasteiger partial charge in [0.15, 0.2) is 0 Å². The summed E-state index contributed by atoms with van der Waals surface area (Å²) in [5.74, 6) is 0.253. The number of nitrogens with one attached hydrogen (secondary N) is 1. The van der Waals surface area contributed by atoms with Crippen LogP contribution in [-0.4, -0.2) is 56.3 Å². The van der Waals surface area contributed by atoms with E-state index in [2.05, 4.69) is 17.4 Å². The Balaban J connectivity index is 1.76. The quantitative estimate of drug-likeness (QED) is 0.564. The highest BCUT2D eigenvalue weighted by Gasteiger charge is 2.27. The first-order chi connectivity index (χ1) is 15.8. The molecule has 2 aromatic carbocycles. The molecule has 1 fully saturated rings. The maximum absolute atomic E-state index is 13.1. The van der Waals surface area contributed by atoms with Crippen molar-refractivity contribution in [3.63, 3.8) is 0 Å². The molecule has 1 saturated heterocycles. The Morgan fingerprint density at radius 2 is 1.85 bits per heavy atom. The monoisotopic (exact) mass is 473 g/mol. The molecular formula is C25H35N3O4S. The van der Waals surface area contributed by atoms with Crippen LogP contribution in [0.1, 0.15) is 44.2 Å². The van der Waals surface area contributed by atoms with Crippen LogP contribution in [-0.2, 0) is 21.4 Å². The van der Waals surface area contributed by atoms with Crippen molar-refractivity contribution >= 4 is 21.6 Å². The molecule has 0 saturated carbocycles. The van der Waals surface area contributed by atoms with E-state index in [9.17, 15) is 13.2 Å². The first-order valence-electron chi connectivity index (χ1n) is 11.7. The largest absolute Gasteiger partial charge is 0.492 e. The minimum absolute atomic E-state index is 0.176. The maximum atomic E-state index is 13.1. The van der Waals surface area contributed by atoms with E-state index in [1.54, 1.807) is 12.1 Å². The van der Waals surface area contributed by atoms with E-state index in [4.69, 9.17) is 4.74 Å². The summed E-state index contributed by atoms with van der Waals surface area (Å²) in [6, 6.07) is 12.9. The van der Waals surface area contributed by atoms with Crippen molar-refractivity contribution < 1.29 is 17.9 Å². The highest BCUT2D eigenvalue weighted by molar-refractivity contribution is 7.89. The lowest BCUT2D eigenvalue weighted by Gasteiger charge is -2.26. The molecule has 7 nitrogen and oxygen atoms in total. The molecular weight excluding hydrogens is 438 g/mol.